The van der Waals surface area contributed by atoms with Crippen molar-refractivity contribution in [1.82, 2.24) is 9.80 Å². The minimum Gasteiger partial charge on any atom is -0.508 e. The highest BCUT2D eigenvalue weighted by Gasteiger charge is 2.33. The monoisotopic (exact) mass is 919 g/mol. The van der Waals surface area contributed by atoms with Gasteiger partial charge >= 0.3 is 0 Å². The second kappa shape index (κ2) is 28.7. The zero-order valence-corrected chi connectivity index (χ0v) is 42.7. The largest absolute Gasteiger partial charge is 0.508 e. The minimum absolute atomic E-state index is 0.284. The Balaban J connectivity index is 0.000000222. The molecule has 0 saturated carbocycles. The summed E-state index contributed by atoms with van der Waals surface area (Å²) in [4.78, 5) is 4.85. The second-order valence-corrected chi connectivity index (χ2v) is 17.1. The molecule has 10 rings (SSSR count). The van der Waals surface area contributed by atoms with Gasteiger partial charge in [-0.15, -0.1) is 0 Å². The topological polar surface area (TPSA) is 65.4 Å². The average molecular weight is 919 g/mol. The summed E-state index contributed by atoms with van der Waals surface area (Å²) in [5, 5.41) is 20.0. The lowest BCUT2D eigenvalue weighted by atomic mass is 9.69. The molecule has 2 aliphatic heterocycles. The van der Waals surface area contributed by atoms with Crippen molar-refractivity contribution in [2.45, 2.75) is 118 Å². The summed E-state index contributed by atoms with van der Waals surface area (Å²) in [5.74, 6) is 4.03. The van der Waals surface area contributed by atoms with Crippen LogP contribution in [0.1, 0.15) is 149 Å². The van der Waals surface area contributed by atoms with Crippen LogP contribution >= 0.6 is 0 Å². The normalized spacial score (nSPS) is 18.8. The first-order valence-corrected chi connectivity index (χ1v) is 26.2. The lowest BCUT2D eigenvalue weighted by molar-refractivity contribution is 0.147. The lowest BCUT2D eigenvalue weighted by Gasteiger charge is -2.35. The van der Waals surface area contributed by atoms with Crippen molar-refractivity contribution in [3.05, 3.63) is 190 Å². The molecule has 6 heteroatoms. The number of likely N-dealkylation sites (tertiary alicyclic amines) is 2. The molecule has 6 aromatic carbocycles. The van der Waals surface area contributed by atoms with E-state index in [4.69, 9.17) is 9.47 Å². The number of nitrogens with zero attached hydrogens (tertiary/aromatic N) is 2. The Labute approximate surface area is 411 Å². The van der Waals surface area contributed by atoms with E-state index in [0.29, 0.717) is 23.3 Å². The third-order valence-corrected chi connectivity index (χ3v) is 13.4. The fourth-order valence-corrected chi connectivity index (χ4v) is 9.89. The quantitative estimate of drug-likeness (QED) is 0.127. The van der Waals surface area contributed by atoms with E-state index < -0.39 is 0 Å². The van der Waals surface area contributed by atoms with Gasteiger partial charge in [0.25, 0.3) is 0 Å². The first-order chi connectivity index (χ1) is 33.6. The number of ether oxygens (including phenoxy) is 2. The number of hydrogen-bond acceptors (Lipinski definition) is 6. The zero-order chi connectivity index (χ0) is 48.7. The third-order valence-electron chi connectivity index (χ3n) is 13.4. The number of fused-ring (bicyclic) bond motifs is 2. The number of aromatic hydroxyl groups is 2. The Hall–Kier alpha value is -5.56. The van der Waals surface area contributed by atoms with Crippen LogP contribution in [0.4, 0.5) is 0 Å². The van der Waals surface area contributed by atoms with Crippen molar-refractivity contribution < 1.29 is 19.7 Å². The molecule has 2 fully saturated rings. The molecule has 2 saturated heterocycles. The van der Waals surface area contributed by atoms with Crippen molar-refractivity contribution in [3.8, 4) is 23.0 Å². The van der Waals surface area contributed by atoms with Gasteiger partial charge in [-0.05, 0) is 170 Å². The van der Waals surface area contributed by atoms with Crippen LogP contribution in [-0.2, 0) is 12.8 Å². The first kappa shape index (κ1) is 53.4. The van der Waals surface area contributed by atoms with E-state index in [1.54, 1.807) is 0 Å². The van der Waals surface area contributed by atoms with E-state index in [1.165, 1.54) is 83.5 Å². The molecule has 6 nitrogen and oxygen atoms in total. The molecule has 6 aromatic rings. The maximum atomic E-state index is 9.99. The molecular formula is C62H82N2O4. The van der Waals surface area contributed by atoms with E-state index in [2.05, 4.69) is 131 Å². The highest BCUT2D eigenvalue weighted by Crippen LogP contribution is 2.48. The van der Waals surface area contributed by atoms with Crippen LogP contribution in [0.25, 0.3) is 0 Å². The van der Waals surface area contributed by atoms with Crippen molar-refractivity contribution in [3.63, 3.8) is 0 Å². The second-order valence-electron chi connectivity index (χ2n) is 17.1. The molecule has 0 unspecified atom stereocenters. The Kier molecular flexibility index (Phi) is 22.5. The number of phenolic OH excluding ortho intramolecular Hbond substituents is 2. The zero-order valence-electron chi connectivity index (χ0n) is 42.7. The Morgan fingerprint density at radius 1 is 0.426 bits per heavy atom. The molecule has 2 aliphatic carbocycles. The Morgan fingerprint density at radius 2 is 0.779 bits per heavy atom. The van der Waals surface area contributed by atoms with Crippen LogP contribution in [0.5, 0.6) is 23.0 Å². The maximum absolute atomic E-state index is 9.99. The predicted molar refractivity (Wildman–Crippen MR) is 286 cm³/mol. The molecule has 0 spiro atoms. The summed E-state index contributed by atoms with van der Waals surface area (Å²) >= 11 is 0. The van der Waals surface area contributed by atoms with Gasteiger partial charge < -0.3 is 19.7 Å². The molecule has 0 amide bonds. The van der Waals surface area contributed by atoms with Crippen molar-refractivity contribution >= 4 is 0 Å². The molecule has 0 aromatic heterocycles. The Morgan fingerprint density at radius 3 is 1.10 bits per heavy atom. The molecule has 0 bridgehead atoms. The van der Waals surface area contributed by atoms with Gasteiger partial charge in [0.15, 0.2) is 0 Å². The van der Waals surface area contributed by atoms with E-state index in [0.717, 1.165) is 63.5 Å². The number of rotatable bonds is 12. The van der Waals surface area contributed by atoms with Crippen LogP contribution in [0.2, 0.25) is 0 Å². The van der Waals surface area contributed by atoms with Gasteiger partial charge in [0, 0.05) is 24.9 Å². The van der Waals surface area contributed by atoms with Gasteiger partial charge in [-0.3, -0.25) is 9.80 Å². The van der Waals surface area contributed by atoms with Gasteiger partial charge in [-0.25, -0.2) is 0 Å². The smallest absolute Gasteiger partial charge is 0.119 e. The van der Waals surface area contributed by atoms with E-state index in [-0.39, 0.29) is 11.8 Å². The fourth-order valence-electron chi connectivity index (χ4n) is 9.89. The average Bonchev–Trinajstić information content (AvgIpc) is 3.38. The van der Waals surface area contributed by atoms with Gasteiger partial charge in [-0.1, -0.05) is 152 Å². The molecule has 4 atom stereocenters. The molecule has 2 N–H and O–H groups in total. The summed E-state index contributed by atoms with van der Waals surface area (Å²) in [6.45, 7) is 24.4. The summed E-state index contributed by atoms with van der Waals surface area (Å²) in [5.41, 5.74) is 10.6. The van der Waals surface area contributed by atoms with Crippen molar-refractivity contribution in [2.75, 3.05) is 52.5 Å². The molecular weight excluding hydrogens is 837 g/mol. The van der Waals surface area contributed by atoms with Gasteiger partial charge in [0.1, 0.15) is 36.2 Å². The first-order valence-electron chi connectivity index (χ1n) is 26.2. The van der Waals surface area contributed by atoms with Crippen LogP contribution in [0.3, 0.4) is 0 Å². The summed E-state index contributed by atoms with van der Waals surface area (Å²) in [6, 6.07) is 50.8. The van der Waals surface area contributed by atoms with Crippen LogP contribution in [0.15, 0.2) is 146 Å². The van der Waals surface area contributed by atoms with Gasteiger partial charge in [-0.2, -0.15) is 0 Å². The maximum Gasteiger partial charge on any atom is 0.119 e. The minimum atomic E-state index is 0.284. The number of hydrogen-bond donors (Lipinski definition) is 2. The van der Waals surface area contributed by atoms with Crippen LogP contribution in [-0.4, -0.2) is 72.5 Å². The lowest BCUT2D eigenvalue weighted by Crippen LogP contribution is -2.39. The molecule has 4 aliphatic rings. The van der Waals surface area contributed by atoms with E-state index >= 15 is 0 Å². The van der Waals surface area contributed by atoms with Crippen LogP contribution < -0.4 is 9.47 Å². The van der Waals surface area contributed by atoms with Crippen molar-refractivity contribution in [1.29, 1.82) is 0 Å². The number of aryl methyl sites for hydroxylation is 2. The van der Waals surface area contributed by atoms with Crippen LogP contribution in [0, 0.1) is 0 Å². The molecule has 0 radical (unpaired) electrons. The fraction of sp³-hybridized carbons (Fsp3) is 0.419. The van der Waals surface area contributed by atoms with E-state index in [1.807, 2.05) is 79.7 Å². The van der Waals surface area contributed by atoms with Crippen molar-refractivity contribution in [2.24, 2.45) is 0 Å². The number of benzene rings is 6. The van der Waals surface area contributed by atoms with Gasteiger partial charge in [0.2, 0.25) is 0 Å². The van der Waals surface area contributed by atoms with Gasteiger partial charge in [0.05, 0.1) is 0 Å². The third kappa shape index (κ3) is 14.2. The summed E-state index contributed by atoms with van der Waals surface area (Å²) < 4.78 is 12.0. The molecule has 68 heavy (non-hydrogen) atoms. The summed E-state index contributed by atoms with van der Waals surface area (Å²) in [7, 11) is 0. The molecule has 2 heterocycles. The standard InChI is InChI=1S/2C27H29NO2.4C2H6/c2*29-23-10-14-26-22(19-23)9-13-25(20-5-2-1-3-6-20)27(26)21-7-11-24(12-8-21)30-18-17-28-15-4-16-28;4*1-2/h2*1-3,5-8,10-12,14,19,25,27,29H,4,9,13,15-18H2;4*1-2H3/t2*25-,27+;;;;/m10..../s1. The highest BCUT2D eigenvalue weighted by atomic mass is 16.5. The van der Waals surface area contributed by atoms with E-state index in [9.17, 15) is 10.2 Å². The SMILES string of the molecule is CC.CC.CC.CC.Oc1ccc2c(c1)CC[C@@H](c1ccccc1)[C@H]2c1ccc(OCCN2CCC2)cc1.Oc1ccc2c(c1)CC[C@H](c1ccccc1)[C@@H]2c1ccc(OCCN2CCC2)cc1. The number of phenols is 2. The summed E-state index contributed by atoms with van der Waals surface area (Å²) in [6.07, 6.45) is 6.79. The molecule has 364 valence electrons. The highest BCUT2D eigenvalue weighted by molar-refractivity contribution is 5.50. The predicted octanol–water partition coefficient (Wildman–Crippen LogP) is 14.8. The Bertz CT molecular complexity index is 2120.